The zero-order valence-corrected chi connectivity index (χ0v) is 20.9. The molecule has 4 heteroatoms. The number of hydrogen-bond donors (Lipinski definition) is 0. The van der Waals surface area contributed by atoms with Crippen molar-refractivity contribution in [1.82, 2.24) is 15.0 Å². The van der Waals surface area contributed by atoms with Crippen LogP contribution < -0.4 is 0 Å². The Labute approximate surface area is 224 Å². The van der Waals surface area contributed by atoms with Crippen LogP contribution in [0, 0.1) is 0 Å². The summed E-state index contributed by atoms with van der Waals surface area (Å²) in [4.78, 5) is 14.9. The van der Waals surface area contributed by atoms with E-state index in [0.717, 1.165) is 71.8 Å². The Balaban J connectivity index is 1.32. The van der Waals surface area contributed by atoms with Crippen molar-refractivity contribution in [3.8, 4) is 33.9 Å². The number of fused-ring (bicyclic) bond motifs is 6. The summed E-state index contributed by atoms with van der Waals surface area (Å²) in [6, 6.07) is 43.2. The summed E-state index contributed by atoms with van der Waals surface area (Å²) in [5.41, 5.74) is 8.30. The summed E-state index contributed by atoms with van der Waals surface area (Å²) < 4.78 is 6.40. The van der Waals surface area contributed by atoms with E-state index in [2.05, 4.69) is 60.7 Å². The molecule has 8 rings (SSSR count). The molecule has 182 valence electrons. The molecule has 5 aromatic carbocycles. The molecule has 0 aliphatic heterocycles. The smallest absolute Gasteiger partial charge is 0.162 e. The molecule has 0 unspecified atom stereocenters. The molecular formula is C35H21N3O. The van der Waals surface area contributed by atoms with Crippen molar-refractivity contribution in [1.29, 1.82) is 0 Å². The van der Waals surface area contributed by atoms with Gasteiger partial charge in [-0.2, -0.15) is 0 Å². The minimum absolute atomic E-state index is 0.716. The number of pyridine rings is 1. The lowest BCUT2D eigenvalue weighted by molar-refractivity contribution is 0.669. The minimum atomic E-state index is 0.716. The third-order valence-corrected chi connectivity index (χ3v) is 7.28. The lowest BCUT2D eigenvalue weighted by Crippen LogP contribution is -1.95. The molecule has 8 aromatic rings. The molecule has 0 fully saturated rings. The highest BCUT2D eigenvalue weighted by Crippen LogP contribution is 2.39. The van der Waals surface area contributed by atoms with Crippen LogP contribution in [0.5, 0.6) is 0 Å². The van der Waals surface area contributed by atoms with Gasteiger partial charge < -0.3 is 4.42 Å². The molecule has 0 N–H and O–H groups in total. The standard InChI is InChI=1S/C35H21N3O/c1-2-10-24(11-3-1)35-37-29-16-8-5-13-26(29)32(38-35)22-18-20-23(21-19-22)33-34-31(25-12-4-7-15-28(25)36-33)27-14-6-9-17-30(27)39-34/h1-21H. The van der Waals surface area contributed by atoms with Crippen LogP contribution in [0.2, 0.25) is 0 Å². The minimum Gasteiger partial charge on any atom is -0.454 e. The normalized spacial score (nSPS) is 11.6. The Hall–Kier alpha value is -5.35. The van der Waals surface area contributed by atoms with E-state index >= 15 is 0 Å². The quantitative estimate of drug-likeness (QED) is 0.243. The van der Waals surface area contributed by atoms with E-state index in [9.17, 15) is 0 Å². The lowest BCUT2D eigenvalue weighted by Gasteiger charge is -2.10. The summed E-state index contributed by atoms with van der Waals surface area (Å²) in [6.45, 7) is 0. The van der Waals surface area contributed by atoms with Crippen LogP contribution in [-0.4, -0.2) is 15.0 Å². The van der Waals surface area contributed by atoms with Crippen molar-refractivity contribution >= 4 is 43.7 Å². The lowest BCUT2D eigenvalue weighted by atomic mass is 10.0. The monoisotopic (exact) mass is 499 g/mol. The predicted molar refractivity (Wildman–Crippen MR) is 158 cm³/mol. The fourth-order valence-electron chi connectivity index (χ4n) is 5.43. The van der Waals surface area contributed by atoms with Gasteiger partial charge in [-0.25, -0.2) is 15.0 Å². The number of rotatable bonds is 3. The van der Waals surface area contributed by atoms with Gasteiger partial charge in [-0.15, -0.1) is 0 Å². The van der Waals surface area contributed by atoms with Crippen LogP contribution in [0.1, 0.15) is 0 Å². The Morgan fingerprint density at radius 3 is 1.77 bits per heavy atom. The fraction of sp³-hybridized carbons (Fsp3) is 0. The number of benzene rings is 5. The molecule has 0 amide bonds. The van der Waals surface area contributed by atoms with Crippen molar-refractivity contribution in [3.63, 3.8) is 0 Å². The summed E-state index contributed by atoms with van der Waals surface area (Å²) in [6.07, 6.45) is 0. The van der Waals surface area contributed by atoms with Crippen molar-refractivity contribution in [2.45, 2.75) is 0 Å². The molecule has 39 heavy (non-hydrogen) atoms. The molecule has 0 aliphatic rings. The average molecular weight is 500 g/mol. The zero-order valence-electron chi connectivity index (χ0n) is 20.9. The molecule has 0 radical (unpaired) electrons. The summed E-state index contributed by atoms with van der Waals surface area (Å²) in [7, 11) is 0. The highest BCUT2D eigenvalue weighted by atomic mass is 16.3. The van der Waals surface area contributed by atoms with Gasteiger partial charge in [0.1, 0.15) is 11.3 Å². The SMILES string of the molecule is c1ccc(-c2nc(-c3ccc(-c4nc5ccccc5c5c4oc4ccccc45)cc3)c3ccccc3n2)cc1. The maximum atomic E-state index is 6.40. The molecule has 0 bridgehead atoms. The third kappa shape index (κ3) is 3.50. The van der Waals surface area contributed by atoms with Gasteiger partial charge in [0.2, 0.25) is 0 Å². The first-order valence-corrected chi connectivity index (χ1v) is 13.0. The van der Waals surface area contributed by atoms with Gasteiger partial charge in [-0.1, -0.05) is 109 Å². The van der Waals surface area contributed by atoms with Crippen LogP contribution in [-0.2, 0) is 0 Å². The van der Waals surface area contributed by atoms with E-state index in [1.54, 1.807) is 0 Å². The van der Waals surface area contributed by atoms with Crippen LogP contribution >= 0.6 is 0 Å². The first kappa shape index (κ1) is 21.7. The molecule has 0 saturated carbocycles. The van der Waals surface area contributed by atoms with Gasteiger partial charge in [0, 0.05) is 38.2 Å². The Morgan fingerprint density at radius 2 is 1.00 bits per heavy atom. The second kappa shape index (κ2) is 8.61. The first-order chi connectivity index (χ1) is 19.3. The van der Waals surface area contributed by atoms with Crippen molar-refractivity contribution in [2.24, 2.45) is 0 Å². The molecule has 0 atom stereocenters. The summed E-state index contributed by atoms with van der Waals surface area (Å²) in [5.74, 6) is 0.716. The van der Waals surface area contributed by atoms with Crippen LogP contribution in [0.15, 0.2) is 132 Å². The zero-order chi connectivity index (χ0) is 25.8. The Morgan fingerprint density at radius 1 is 0.410 bits per heavy atom. The molecule has 3 aromatic heterocycles. The van der Waals surface area contributed by atoms with E-state index in [0.29, 0.717) is 5.82 Å². The van der Waals surface area contributed by atoms with E-state index in [1.807, 2.05) is 66.7 Å². The maximum Gasteiger partial charge on any atom is 0.162 e. The summed E-state index contributed by atoms with van der Waals surface area (Å²) in [5, 5.41) is 4.32. The topological polar surface area (TPSA) is 51.8 Å². The van der Waals surface area contributed by atoms with Crippen LogP contribution in [0.4, 0.5) is 0 Å². The molecule has 0 spiro atoms. The third-order valence-electron chi connectivity index (χ3n) is 7.28. The number of nitrogens with zero attached hydrogens (tertiary/aromatic N) is 3. The van der Waals surface area contributed by atoms with E-state index in [1.165, 1.54) is 0 Å². The number of hydrogen-bond acceptors (Lipinski definition) is 4. The fourth-order valence-corrected chi connectivity index (χ4v) is 5.43. The van der Waals surface area contributed by atoms with Gasteiger partial charge in [-0.3, -0.25) is 0 Å². The van der Waals surface area contributed by atoms with E-state index in [4.69, 9.17) is 19.4 Å². The summed E-state index contributed by atoms with van der Waals surface area (Å²) >= 11 is 0. The van der Waals surface area contributed by atoms with Crippen molar-refractivity contribution < 1.29 is 4.42 Å². The molecule has 3 heterocycles. The second-order valence-corrected chi connectivity index (χ2v) is 9.64. The molecule has 0 aliphatic carbocycles. The van der Waals surface area contributed by atoms with E-state index < -0.39 is 0 Å². The van der Waals surface area contributed by atoms with Gasteiger partial charge in [-0.05, 0) is 18.2 Å². The van der Waals surface area contributed by atoms with Gasteiger partial charge >= 0.3 is 0 Å². The molecule has 0 saturated heterocycles. The molecular weight excluding hydrogens is 478 g/mol. The van der Waals surface area contributed by atoms with Gasteiger partial charge in [0.25, 0.3) is 0 Å². The average Bonchev–Trinajstić information content (AvgIpc) is 3.41. The highest BCUT2D eigenvalue weighted by Gasteiger charge is 2.18. The highest BCUT2D eigenvalue weighted by molar-refractivity contribution is 6.20. The second-order valence-electron chi connectivity index (χ2n) is 9.64. The largest absolute Gasteiger partial charge is 0.454 e. The number of furan rings is 1. The number of aromatic nitrogens is 3. The van der Waals surface area contributed by atoms with Crippen molar-refractivity contribution in [2.75, 3.05) is 0 Å². The van der Waals surface area contributed by atoms with Crippen molar-refractivity contribution in [3.05, 3.63) is 127 Å². The first-order valence-electron chi connectivity index (χ1n) is 13.0. The maximum absolute atomic E-state index is 6.40. The van der Waals surface area contributed by atoms with Gasteiger partial charge in [0.15, 0.2) is 11.4 Å². The van der Waals surface area contributed by atoms with E-state index in [-0.39, 0.29) is 0 Å². The molecule has 4 nitrogen and oxygen atoms in total. The predicted octanol–water partition coefficient (Wildman–Crippen LogP) is 9.08. The Kier molecular flexibility index (Phi) is 4.79. The number of para-hydroxylation sites is 3. The van der Waals surface area contributed by atoms with Crippen LogP contribution in [0.25, 0.3) is 77.6 Å². The van der Waals surface area contributed by atoms with Crippen LogP contribution in [0.3, 0.4) is 0 Å². The van der Waals surface area contributed by atoms with Gasteiger partial charge in [0.05, 0.1) is 16.7 Å². The Bertz CT molecular complexity index is 2160.